The maximum Gasteiger partial charge on any atom is 0.409 e. The standard InChI is InChI=1S/C22H22FN3O3/c1-3-29-22(28)26(2)12-13-4-6-14(7-5-13)20-16-8-9-24-21(27)17-10-15(23)11-18(25-20)19(16)17/h4-7,10-11,25H,3,8-9,12H2,1-2H3,(H,24,27). The van der Waals surface area contributed by atoms with Crippen LogP contribution in [0.2, 0.25) is 0 Å². The minimum Gasteiger partial charge on any atom is -0.450 e. The van der Waals surface area contributed by atoms with E-state index in [0.29, 0.717) is 37.2 Å². The zero-order valence-electron chi connectivity index (χ0n) is 16.3. The summed E-state index contributed by atoms with van der Waals surface area (Å²) >= 11 is 0. The Morgan fingerprint density at radius 3 is 2.72 bits per heavy atom. The molecule has 0 fully saturated rings. The highest BCUT2D eigenvalue weighted by Gasteiger charge is 2.23. The summed E-state index contributed by atoms with van der Waals surface area (Å²) in [6.45, 7) is 3.05. The SMILES string of the molecule is CCOC(=O)N(C)Cc1ccc(-c2[nH]c3cc(F)cc4c3c2CCNC4=O)cc1. The third-order valence-electron chi connectivity index (χ3n) is 5.11. The second kappa shape index (κ2) is 7.58. The number of halogens is 1. The number of H-pyrrole nitrogens is 1. The van der Waals surface area contributed by atoms with Gasteiger partial charge in [-0.3, -0.25) is 4.79 Å². The Hall–Kier alpha value is -3.35. The molecule has 2 aromatic carbocycles. The Bertz CT molecular complexity index is 1090. The van der Waals surface area contributed by atoms with E-state index in [2.05, 4.69) is 10.3 Å². The molecule has 2 amide bonds. The van der Waals surface area contributed by atoms with Crippen LogP contribution in [0.15, 0.2) is 36.4 Å². The number of hydrogen-bond donors (Lipinski definition) is 2. The Morgan fingerprint density at radius 1 is 1.24 bits per heavy atom. The van der Waals surface area contributed by atoms with Gasteiger partial charge in [-0.05, 0) is 42.2 Å². The second-order valence-corrected chi connectivity index (χ2v) is 7.11. The van der Waals surface area contributed by atoms with Crippen LogP contribution in [0.4, 0.5) is 9.18 Å². The minimum absolute atomic E-state index is 0.254. The summed E-state index contributed by atoms with van der Waals surface area (Å²) in [5.74, 6) is -0.697. The molecule has 29 heavy (non-hydrogen) atoms. The Labute approximate surface area is 167 Å². The fourth-order valence-corrected chi connectivity index (χ4v) is 3.79. The third kappa shape index (κ3) is 3.55. The lowest BCUT2D eigenvalue weighted by atomic mass is 9.99. The summed E-state index contributed by atoms with van der Waals surface area (Å²) in [5, 5.41) is 3.61. The molecule has 0 unspecified atom stereocenters. The number of nitrogens with one attached hydrogen (secondary N) is 2. The van der Waals surface area contributed by atoms with Gasteiger partial charge in [0.1, 0.15) is 5.82 Å². The van der Waals surface area contributed by atoms with Gasteiger partial charge in [0.05, 0.1) is 12.2 Å². The van der Waals surface area contributed by atoms with E-state index in [0.717, 1.165) is 27.8 Å². The maximum absolute atomic E-state index is 14.0. The monoisotopic (exact) mass is 395 g/mol. The normalized spacial score (nSPS) is 13.1. The quantitative estimate of drug-likeness (QED) is 0.705. The van der Waals surface area contributed by atoms with Crippen molar-refractivity contribution in [2.45, 2.75) is 19.9 Å². The van der Waals surface area contributed by atoms with Gasteiger partial charge in [-0.25, -0.2) is 9.18 Å². The van der Waals surface area contributed by atoms with Gasteiger partial charge in [-0.15, -0.1) is 0 Å². The molecule has 1 aliphatic heterocycles. The van der Waals surface area contributed by atoms with Gasteiger partial charge in [0.15, 0.2) is 0 Å². The predicted octanol–water partition coefficient (Wildman–Crippen LogP) is 3.85. The maximum atomic E-state index is 14.0. The van der Waals surface area contributed by atoms with Gasteiger partial charge in [-0.2, -0.15) is 0 Å². The number of aromatic nitrogens is 1. The average Bonchev–Trinajstić information content (AvgIpc) is 2.97. The van der Waals surface area contributed by atoms with E-state index in [1.165, 1.54) is 17.0 Å². The van der Waals surface area contributed by atoms with Gasteiger partial charge in [0, 0.05) is 36.7 Å². The summed E-state index contributed by atoms with van der Waals surface area (Å²) in [6, 6.07) is 10.5. The van der Waals surface area contributed by atoms with Gasteiger partial charge in [0.2, 0.25) is 0 Å². The van der Waals surface area contributed by atoms with Crippen molar-refractivity contribution in [2.75, 3.05) is 20.2 Å². The molecular formula is C22H22FN3O3. The lowest BCUT2D eigenvalue weighted by Crippen LogP contribution is -2.26. The zero-order valence-corrected chi connectivity index (χ0v) is 16.3. The first-order valence-electron chi connectivity index (χ1n) is 9.57. The smallest absolute Gasteiger partial charge is 0.409 e. The summed E-state index contributed by atoms with van der Waals surface area (Å²) in [5.41, 5.74) is 4.78. The summed E-state index contributed by atoms with van der Waals surface area (Å²) in [4.78, 5) is 28.9. The summed E-state index contributed by atoms with van der Waals surface area (Å²) < 4.78 is 19.0. The number of carbonyl (C=O) groups excluding carboxylic acids is 2. The lowest BCUT2D eigenvalue weighted by Gasteiger charge is -2.16. The van der Waals surface area contributed by atoms with E-state index in [1.54, 1.807) is 14.0 Å². The molecule has 0 spiro atoms. The first-order chi connectivity index (χ1) is 14.0. The third-order valence-corrected chi connectivity index (χ3v) is 5.11. The molecule has 2 N–H and O–H groups in total. The predicted molar refractivity (Wildman–Crippen MR) is 108 cm³/mol. The largest absolute Gasteiger partial charge is 0.450 e. The number of rotatable bonds is 4. The second-order valence-electron chi connectivity index (χ2n) is 7.11. The molecule has 150 valence electrons. The van der Waals surface area contributed by atoms with Crippen LogP contribution in [0.25, 0.3) is 22.2 Å². The van der Waals surface area contributed by atoms with E-state index < -0.39 is 5.82 Å². The van der Waals surface area contributed by atoms with Crippen molar-refractivity contribution in [1.29, 1.82) is 0 Å². The Balaban J connectivity index is 1.68. The Kier molecular flexibility index (Phi) is 4.96. The molecule has 4 rings (SSSR count). The van der Waals surface area contributed by atoms with E-state index in [4.69, 9.17) is 4.74 Å². The van der Waals surface area contributed by atoms with Gasteiger partial charge >= 0.3 is 6.09 Å². The molecule has 0 saturated heterocycles. The van der Waals surface area contributed by atoms with Crippen molar-refractivity contribution in [3.8, 4) is 11.3 Å². The molecule has 0 bridgehead atoms. The fraction of sp³-hybridized carbons (Fsp3) is 0.273. The van der Waals surface area contributed by atoms with E-state index in [9.17, 15) is 14.0 Å². The molecule has 0 saturated carbocycles. The molecule has 1 aromatic heterocycles. The van der Waals surface area contributed by atoms with Crippen LogP contribution in [0.1, 0.15) is 28.4 Å². The molecule has 1 aliphatic rings. The number of carbonyl (C=O) groups is 2. The van der Waals surface area contributed by atoms with Crippen LogP contribution in [-0.2, 0) is 17.7 Å². The van der Waals surface area contributed by atoms with Crippen LogP contribution in [0.5, 0.6) is 0 Å². The molecule has 2 heterocycles. The molecule has 0 radical (unpaired) electrons. The van der Waals surface area contributed by atoms with Crippen LogP contribution in [-0.4, -0.2) is 42.1 Å². The molecule has 3 aromatic rings. The highest BCUT2D eigenvalue weighted by atomic mass is 19.1. The highest BCUT2D eigenvalue weighted by molar-refractivity contribution is 6.10. The van der Waals surface area contributed by atoms with Crippen molar-refractivity contribution < 1.29 is 18.7 Å². The van der Waals surface area contributed by atoms with Crippen molar-refractivity contribution in [3.05, 3.63) is 58.9 Å². The number of amides is 2. The van der Waals surface area contributed by atoms with E-state index >= 15 is 0 Å². The van der Waals surface area contributed by atoms with Gasteiger partial charge < -0.3 is 19.9 Å². The topological polar surface area (TPSA) is 74.4 Å². The number of benzene rings is 2. The highest BCUT2D eigenvalue weighted by Crippen LogP contribution is 2.34. The van der Waals surface area contributed by atoms with Crippen molar-refractivity contribution >= 4 is 22.9 Å². The number of hydrogen-bond acceptors (Lipinski definition) is 3. The first kappa shape index (κ1) is 19.0. The van der Waals surface area contributed by atoms with E-state index in [-0.39, 0.29) is 12.0 Å². The van der Waals surface area contributed by atoms with Crippen LogP contribution < -0.4 is 5.32 Å². The molecule has 0 atom stereocenters. The van der Waals surface area contributed by atoms with Crippen molar-refractivity contribution in [1.82, 2.24) is 15.2 Å². The molecular weight excluding hydrogens is 373 g/mol. The van der Waals surface area contributed by atoms with E-state index in [1.807, 2.05) is 24.3 Å². The van der Waals surface area contributed by atoms with Gasteiger partial charge in [-0.1, -0.05) is 24.3 Å². The number of nitrogens with zero attached hydrogens (tertiary/aromatic N) is 1. The number of aromatic amines is 1. The minimum atomic E-state index is -0.443. The molecule has 0 aliphatic carbocycles. The molecule has 7 heteroatoms. The number of ether oxygens (including phenoxy) is 1. The summed E-state index contributed by atoms with van der Waals surface area (Å²) in [6.07, 6.45) is 0.298. The Morgan fingerprint density at radius 2 is 2.00 bits per heavy atom. The first-order valence-corrected chi connectivity index (χ1v) is 9.57. The van der Waals surface area contributed by atoms with Crippen molar-refractivity contribution in [3.63, 3.8) is 0 Å². The molecule has 6 nitrogen and oxygen atoms in total. The fourth-order valence-electron chi connectivity index (χ4n) is 3.79. The average molecular weight is 395 g/mol. The summed E-state index contributed by atoms with van der Waals surface area (Å²) in [7, 11) is 1.69. The lowest BCUT2D eigenvalue weighted by molar-refractivity contribution is 0.0956. The van der Waals surface area contributed by atoms with Crippen LogP contribution in [0, 0.1) is 5.82 Å². The van der Waals surface area contributed by atoms with Gasteiger partial charge in [0.25, 0.3) is 5.91 Å². The zero-order chi connectivity index (χ0) is 20.5. The van der Waals surface area contributed by atoms with Crippen LogP contribution >= 0.6 is 0 Å². The van der Waals surface area contributed by atoms with Crippen LogP contribution in [0.3, 0.4) is 0 Å². The van der Waals surface area contributed by atoms with Crippen molar-refractivity contribution in [2.24, 2.45) is 0 Å².